The fraction of sp³-hybridized carbons (Fsp3) is 0.500. The summed E-state index contributed by atoms with van der Waals surface area (Å²) >= 11 is 3.34. The van der Waals surface area contributed by atoms with Crippen molar-refractivity contribution in [2.75, 3.05) is 11.9 Å². The van der Waals surface area contributed by atoms with Crippen LogP contribution in [0.3, 0.4) is 0 Å². The van der Waals surface area contributed by atoms with E-state index in [4.69, 9.17) is 0 Å². The summed E-state index contributed by atoms with van der Waals surface area (Å²) in [5.74, 6) is -1.77. The summed E-state index contributed by atoms with van der Waals surface area (Å²) in [6.45, 7) is 2.33. The lowest BCUT2D eigenvalue weighted by molar-refractivity contribution is 0.503. The molecule has 0 aromatic heterocycles. The third-order valence-electron chi connectivity index (χ3n) is 2.63. The SMILES string of the molecule is CC(CBr)CCCNS(=O)(=O)c1ccc(F)c(F)c1. The molecule has 7 heteroatoms. The first-order chi connectivity index (χ1) is 8.86. The summed E-state index contributed by atoms with van der Waals surface area (Å²) in [6, 6.07) is 2.53. The molecule has 0 fully saturated rings. The number of rotatable bonds is 7. The molecule has 1 N–H and O–H groups in total. The molecule has 0 saturated carbocycles. The molecule has 0 radical (unpaired) electrons. The number of hydrogen-bond donors (Lipinski definition) is 1. The van der Waals surface area contributed by atoms with E-state index in [0.29, 0.717) is 18.4 Å². The number of alkyl halides is 1. The highest BCUT2D eigenvalue weighted by molar-refractivity contribution is 9.09. The predicted molar refractivity (Wildman–Crippen MR) is 73.7 cm³/mol. The van der Waals surface area contributed by atoms with Gasteiger partial charge in [-0.2, -0.15) is 0 Å². The molecule has 0 aliphatic heterocycles. The second-order valence-electron chi connectivity index (χ2n) is 4.38. The van der Waals surface area contributed by atoms with Gasteiger partial charge in [0, 0.05) is 11.9 Å². The molecule has 1 atom stereocenters. The van der Waals surface area contributed by atoms with Gasteiger partial charge in [-0.3, -0.25) is 0 Å². The van der Waals surface area contributed by atoms with Gasteiger partial charge in [0.15, 0.2) is 11.6 Å². The van der Waals surface area contributed by atoms with Crippen LogP contribution in [0, 0.1) is 17.6 Å². The number of hydrogen-bond acceptors (Lipinski definition) is 2. The van der Waals surface area contributed by atoms with E-state index in [1.54, 1.807) is 0 Å². The van der Waals surface area contributed by atoms with E-state index in [1.807, 2.05) is 0 Å². The van der Waals surface area contributed by atoms with Gasteiger partial charge in [0.2, 0.25) is 10.0 Å². The summed E-state index contributed by atoms with van der Waals surface area (Å²) in [4.78, 5) is -0.264. The number of halogens is 3. The lowest BCUT2D eigenvalue weighted by atomic mass is 10.1. The Kier molecular flexibility index (Phi) is 6.35. The molecule has 0 bridgehead atoms. The number of sulfonamides is 1. The maximum Gasteiger partial charge on any atom is 0.240 e. The van der Waals surface area contributed by atoms with E-state index in [1.165, 1.54) is 0 Å². The van der Waals surface area contributed by atoms with Crippen LogP contribution in [-0.4, -0.2) is 20.3 Å². The van der Waals surface area contributed by atoms with Gasteiger partial charge in [-0.05, 0) is 37.0 Å². The zero-order valence-electron chi connectivity index (χ0n) is 10.5. The zero-order chi connectivity index (χ0) is 14.5. The molecule has 0 heterocycles. The van der Waals surface area contributed by atoms with Crippen LogP contribution in [0.2, 0.25) is 0 Å². The Morgan fingerprint density at radius 3 is 2.58 bits per heavy atom. The van der Waals surface area contributed by atoms with Crippen LogP contribution in [0.5, 0.6) is 0 Å². The number of nitrogens with one attached hydrogen (secondary N) is 1. The Bertz CT molecular complexity index is 522. The van der Waals surface area contributed by atoms with Crippen LogP contribution in [0.1, 0.15) is 19.8 Å². The van der Waals surface area contributed by atoms with Crippen molar-refractivity contribution in [3.63, 3.8) is 0 Å². The van der Waals surface area contributed by atoms with Gasteiger partial charge in [-0.1, -0.05) is 22.9 Å². The van der Waals surface area contributed by atoms with Crippen LogP contribution >= 0.6 is 15.9 Å². The van der Waals surface area contributed by atoms with E-state index in [0.717, 1.165) is 23.9 Å². The van der Waals surface area contributed by atoms with Crippen molar-refractivity contribution in [1.29, 1.82) is 0 Å². The second-order valence-corrected chi connectivity index (χ2v) is 6.79. The Labute approximate surface area is 120 Å². The minimum absolute atomic E-state index is 0.264. The summed E-state index contributed by atoms with van der Waals surface area (Å²) in [7, 11) is -3.77. The molecule has 0 saturated heterocycles. The fourth-order valence-electron chi connectivity index (χ4n) is 1.46. The Balaban J connectivity index is 2.58. The zero-order valence-corrected chi connectivity index (χ0v) is 12.9. The van der Waals surface area contributed by atoms with E-state index >= 15 is 0 Å². The molecule has 0 aliphatic rings. The molecule has 19 heavy (non-hydrogen) atoms. The highest BCUT2D eigenvalue weighted by Gasteiger charge is 2.15. The van der Waals surface area contributed by atoms with E-state index < -0.39 is 21.7 Å². The minimum atomic E-state index is -3.77. The van der Waals surface area contributed by atoms with Gasteiger partial charge >= 0.3 is 0 Å². The molecular weight excluding hydrogens is 340 g/mol. The van der Waals surface area contributed by atoms with Crippen molar-refractivity contribution >= 4 is 26.0 Å². The summed E-state index contributed by atoms with van der Waals surface area (Å²) in [5, 5.41) is 0.864. The molecular formula is C12H16BrF2NO2S. The van der Waals surface area contributed by atoms with Gasteiger partial charge in [-0.25, -0.2) is 21.9 Å². The van der Waals surface area contributed by atoms with E-state index in [2.05, 4.69) is 27.6 Å². The highest BCUT2D eigenvalue weighted by atomic mass is 79.9. The lowest BCUT2D eigenvalue weighted by Gasteiger charge is -2.09. The number of benzene rings is 1. The quantitative estimate of drug-likeness (QED) is 0.603. The maximum atomic E-state index is 13.0. The first kappa shape index (κ1) is 16.5. The first-order valence-corrected chi connectivity index (χ1v) is 8.48. The van der Waals surface area contributed by atoms with Gasteiger partial charge in [0.05, 0.1) is 4.90 Å². The normalized spacial score (nSPS) is 13.5. The van der Waals surface area contributed by atoms with Crippen LogP contribution in [-0.2, 0) is 10.0 Å². The van der Waals surface area contributed by atoms with Gasteiger partial charge in [0.25, 0.3) is 0 Å². The van der Waals surface area contributed by atoms with Crippen molar-refractivity contribution in [2.24, 2.45) is 5.92 Å². The van der Waals surface area contributed by atoms with E-state index in [9.17, 15) is 17.2 Å². The average Bonchev–Trinajstić information content (AvgIpc) is 2.37. The molecule has 1 unspecified atom stereocenters. The van der Waals surface area contributed by atoms with Gasteiger partial charge < -0.3 is 0 Å². The van der Waals surface area contributed by atoms with Crippen molar-refractivity contribution in [2.45, 2.75) is 24.7 Å². The third kappa shape index (κ3) is 5.16. The summed E-state index contributed by atoms with van der Waals surface area (Å²) < 4.78 is 51.7. The predicted octanol–water partition coefficient (Wildman–Crippen LogP) is 3.05. The molecule has 0 aliphatic carbocycles. The Morgan fingerprint density at radius 2 is 2.00 bits per heavy atom. The second kappa shape index (κ2) is 7.31. The van der Waals surface area contributed by atoms with Crippen LogP contribution in [0.4, 0.5) is 8.78 Å². The summed E-state index contributed by atoms with van der Waals surface area (Å²) in [6.07, 6.45) is 1.57. The van der Waals surface area contributed by atoms with Crippen LogP contribution in [0.25, 0.3) is 0 Å². The highest BCUT2D eigenvalue weighted by Crippen LogP contribution is 2.14. The largest absolute Gasteiger partial charge is 0.240 e. The van der Waals surface area contributed by atoms with Crippen LogP contribution in [0.15, 0.2) is 23.1 Å². The Hall–Kier alpha value is -0.530. The molecule has 1 aromatic rings. The molecule has 0 spiro atoms. The van der Waals surface area contributed by atoms with Crippen molar-refractivity contribution < 1.29 is 17.2 Å². The average molecular weight is 356 g/mol. The summed E-state index contributed by atoms with van der Waals surface area (Å²) in [5.41, 5.74) is 0. The van der Waals surface area contributed by atoms with Crippen molar-refractivity contribution in [3.8, 4) is 0 Å². The van der Waals surface area contributed by atoms with Crippen molar-refractivity contribution in [1.82, 2.24) is 4.72 Å². The fourth-order valence-corrected chi connectivity index (χ4v) is 2.87. The molecule has 3 nitrogen and oxygen atoms in total. The molecule has 1 aromatic carbocycles. The van der Waals surface area contributed by atoms with Crippen molar-refractivity contribution in [3.05, 3.63) is 29.8 Å². The minimum Gasteiger partial charge on any atom is -0.211 e. The maximum absolute atomic E-state index is 13.0. The van der Waals surface area contributed by atoms with E-state index in [-0.39, 0.29) is 11.4 Å². The monoisotopic (exact) mass is 355 g/mol. The smallest absolute Gasteiger partial charge is 0.211 e. The molecule has 0 amide bonds. The topological polar surface area (TPSA) is 46.2 Å². The first-order valence-electron chi connectivity index (χ1n) is 5.87. The molecule has 108 valence electrons. The lowest BCUT2D eigenvalue weighted by Crippen LogP contribution is -2.25. The third-order valence-corrected chi connectivity index (χ3v) is 5.19. The van der Waals surface area contributed by atoms with Gasteiger partial charge in [0.1, 0.15) is 0 Å². The molecule has 1 rings (SSSR count). The Morgan fingerprint density at radius 1 is 1.32 bits per heavy atom. The standard InChI is InChI=1S/C12H16BrF2NO2S/c1-9(8-13)3-2-6-16-19(17,18)10-4-5-11(14)12(15)7-10/h4-5,7,9,16H,2-3,6,8H2,1H3. The van der Waals surface area contributed by atoms with Crippen LogP contribution < -0.4 is 4.72 Å². The van der Waals surface area contributed by atoms with Gasteiger partial charge in [-0.15, -0.1) is 0 Å².